The molecule has 0 aliphatic rings. The van der Waals surface area contributed by atoms with Gasteiger partial charge < -0.3 is 5.32 Å². The summed E-state index contributed by atoms with van der Waals surface area (Å²) < 4.78 is 0. The van der Waals surface area contributed by atoms with E-state index in [-0.39, 0.29) is 11.1 Å². The van der Waals surface area contributed by atoms with Crippen LogP contribution in [0.15, 0.2) is 12.1 Å². The van der Waals surface area contributed by atoms with Crippen LogP contribution in [0, 0.1) is 22.5 Å². The minimum Gasteiger partial charge on any atom is -0.364 e. The van der Waals surface area contributed by atoms with Crippen LogP contribution in [-0.4, -0.2) is 16.5 Å². The maximum absolute atomic E-state index is 10.9. The van der Waals surface area contributed by atoms with E-state index in [1.807, 2.05) is 6.92 Å². The third kappa shape index (κ3) is 3.69. The number of aromatic nitrogens is 1. The Morgan fingerprint density at radius 3 is 2.65 bits per heavy atom. The molecule has 5 heteroatoms. The van der Waals surface area contributed by atoms with Crippen LogP contribution in [0.4, 0.5) is 11.5 Å². The van der Waals surface area contributed by atoms with Gasteiger partial charge in [0.2, 0.25) is 5.82 Å². The summed E-state index contributed by atoms with van der Waals surface area (Å²) in [5, 5.41) is 13.9. The lowest BCUT2D eigenvalue weighted by Crippen LogP contribution is -2.23. The standard InChI is InChI=1S/C12H19N3O2/c1-5-12(3,4)8-13-11-10(15(16)17)7-6-9(2)14-11/h6-7H,5,8H2,1-4H3,(H,13,14). The van der Waals surface area contributed by atoms with Gasteiger partial charge in [0, 0.05) is 18.3 Å². The number of pyridine rings is 1. The van der Waals surface area contributed by atoms with E-state index in [1.54, 1.807) is 6.07 Å². The van der Waals surface area contributed by atoms with Crippen LogP contribution >= 0.6 is 0 Å². The Kier molecular flexibility index (Phi) is 4.04. The van der Waals surface area contributed by atoms with E-state index < -0.39 is 4.92 Å². The summed E-state index contributed by atoms with van der Waals surface area (Å²) >= 11 is 0. The third-order valence-corrected chi connectivity index (χ3v) is 2.90. The van der Waals surface area contributed by atoms with Gasteiger partial charge in [-0.2, -0.15) is 0 Å². The number of nitrogens with one attached hydrogen (secondary N) is 1. The predicted molar refractivity (Wildman–Crippen MR) is 68.2 cm³/mol. The van der Waals surface area contributed by atoms with Gasteiger partial charge in [-0.1, -0.05) is 20.8 Å². The van der Waals surface area contributed by atoms with Crippen molar-refractivity contribution in [2.75, 3.05) is 11.9 Å². The lowest BCUT2D eigenvalue weighted by atomic mass is 9.90. The van der Waals surface area contributed by atoms with E-state index in [2.05, 4.69) is 31.1 Å². The number of hydrogen-bond acceptors (Lipinski definition) is 4. The SMILES string of the molecule is CCC(C)(C)CNc1nc(C)ccc1[N+](=O)[O-]. The van der Waals surface area contributed by atoms with Gasteiger partial charge in [-0.25, -0.2) is 4.98 Å². The van der Waals surface area contributed by atoms with Gasteiger partial charge in [-0.3, -0.25) is 10.1 Å². The highest BCUT2D eigenvalue weighted by atomic mass is 16.6. The van der Waals surface area contributed by atoms with Crippen molar-refractivity contribution in [3.63, 3.8) is 0 Å². The summed E-state index contributed by atoms with van der Waals surface area (Å²) in [6.07, 6.45) is 1.000. The first-order chi connectivity index (χ1) is 7.85. The van der Waals surface area contributed by atoms with Gasteiger partial charge in [0.25, 0.3) is 0 Å². The summed E-state index contributed by atoms with van der Waals surface area (Å²) in [5.41, 5.74) is 0.897. The van der Waals surface area contributed by atoms with Crippen LogP contribution in [-0.2, 0) is 0 Å². The number of anilines is 1. The number of nitrogens with zero attached hydrogens (tertiary/aromatic N) is 2. The molecule has 0 fully saturated rings. The summed E-state index contributed by atoms with van der Waals surface area (Å²) in [5.74, 6) is 0.358. The minimum absolute atomic E-state index is 0.0301. The van der Waals surface area contributed by atoms with Crippen molar-refractivity contribution in [1.82, 2.24) is 4.98 Å². The Labute approximate surface area is 101 Å². The maximum atomic E-state index is 10.9. The fraction of sp³-hybridized carbons (Fsp3) is 0.583. The van der Waals surface area contributed by atoms with E-state index in [4.69, 9.17) is 0 Å². The highest BCUT2D eigenvalue weighted by molar-refractivity contribution is 5.56. The normalized spacial score (nSPS) is 11.3. The maximum Gasteiger partial charge on any atom is 0.311 e. The molecule has 0 unspecified atom stereocenters. The van der Waals surface area contributed by atoms with Crippen molar-refractivity contribution in [3.8, 4) is 0 Å². The molecule has 1 aromatic rings. The topological polar surface area (TPSA) is 68.1 Å². The largest absolute Gasteiger partial charge is 0.364 e. The van der Waals surface area contributed by atoms with E-state index in [0.29, 0.717) is 12.4 Å². The predicted octanol–water partition coefficient (Wildman–Crippen LogP) is 3.15. The van der Waals surface area contributed by atoms with Gasteiger partial charge in [0.1, 0.15) is 0 Å². The lowest BCUT2D eigenvalue weighted by Gasteiger charge is -2.23. The molecule has 0 saturated heterocycles. The molecule has 94 valence electrons. The molecule has 0 atom stereocenters. The molecule has 17 heavy (non-hydrogen) atoms. The van der Waals surface area contributed by atoms with Crippen molar-refractivity contribution in [1.29, 1.82) is 0 Å². The molecule has 1 heterocycles. The zero-order valence-electron chi connectivity index (χ0n) is 10.8. The Morgan fingerprint density at radius 1 is 1.47 bits per heavy atom. The molecule has 0 aliphatic carbocycles. The zero-order valence-corrected chi connectivity index (χ0v) is 10.8. The molecule has 1 N–H and O–H groups in total. The lowest BCUT2D eigenvalue weighted by molar-refractivity contribution is -0.384. The van der Waals surface area contributed by atoms with E-state index in [9.17, 15) is 10.1 Å². The quantitative estimate of drug-likeness (QED) is 0.631. The number of nitro groups is 1. The smallest absolute Gasteiger partial charge is 0.311 e. The van der Waals surface area contributed by atoms with Gasteiger partial charge in [0.15, 0.2) is 0 Å². The van der Waals surface area contributed by atoms with Crippen LogP contribution in [0.5, 0.6) is 0 Å². The van der Waals surface area contributed by atoms with Crippen molar-refractivity contribution in [2.24, 2.45) is 5.41 Å². The molecule has 0 amide bonds. The molecular formula is C12H19N3O2. The van der Waals surface area contributed by atoms with Gasteiger partial charge in [-0.15, -0.1) is 0 Å². The first kappa shape index (κ1) is 13.4. The highest BCUT2D eigenvalue weighted by Gasteiger charge is 2.19. The summed E-state index contributed by atoms with van der Waals surface area (Å²) in [6, 6.07) is 3.14. The Balaban J connectivity index is 2.89. The molecule has 0 radical (unpaired) electrons. The van der Waals surface area contributed by atoms with Gasteiger partial charge in [0.05, 0.1) is 4.92 Å². The fourth-order valence-corrected chi connectivity index (χ4v) is 1.27. The van der Waals surface area contributed by atoms with Gasteiger partial charge in [-0.05, 0) is 24.8 Å². The Bertz CT molecular complexity index is 416. The molecule has 1 aromatic heterocycles. The average Bonchev–Trinajstić information content (AvgIpc) is 2.26. The zero-order chi connectivity index (χ0) is 13.1. The second kappa shape index (κ2) is 5.12. The number of rotatable bonds is 5. The monoisotopic (exact) mass is 237 g/mol. The van der Waals surface area contributed by atoms with Crippen molar-refractivity contribution >= 4 is 11.5 Å². The molecule has 5 nitrogen and oxygen atoms in total. The highest BCUT2D eigenvalue weighted by Crippen LogP contribution is 2.25. The number of aryl methyl sites for hydroxylation is 1. The summed E-state index contributed by atoms with van der Waals surface area (Å²) in [6.45, 7) is 8.81. The van der Waals surface area contributed by atoms with Crippen LogP contribution < -0.4 is 5.32 Å². The molecule has 1 rings (SSSR count). The second-order valence-corrected chi connectivity index (χ2v) is 4.95. The molecule has 0 aromatic carbocycles. The average molecular weight is 237 g/mol. The first-order valence-electron chi connectivity index (χ1n) is 5.71. The van der Waals surface area contributed by atoms with Crippen molar-refractivity contribution in [3.05, 3.63) is 27.9 Å². The van der Waals surface area contributed by atoms with E-state index in [1.165, 1.54) is 6.07 Å². The van der Waals surface area contributed by atoms with Crippen LogP contribution in [0.2, 0.25) is 0 Å². The van der Waals surface area contributed by atoms with Gasteiger partial charge >= 0.3 is 5.69 Å². The van der Waals surface area contributed by atoms with Crippen molar-refractivity contribution < 1.29 is 4.92 Å². The van der Waals surface area contributed by atoms with E-state index in [0.717, 1.165) is 12.1 Å². The fourth-order valence-electron chi connectivity index (χ4n) is 1.27. The van der Waals surface area contributed by atoms with Crippen LogP contribution in [0.1, 0.15) is 32.9 Å². The van der Waals surface area contributed by atoms with Crippen LogP contribution in [0.25, 0.3) is 0 Å². The summed E-state index contributed by atoms with van der Waals surface area (Å²) in [7, 11) is 0. The molecule has 0 bridgehead atoms. The third-order valence-electron chi connectivity index (χ3n) is 2.90. The van der Waals surface area contributed by atoms with Crippen LogP contribution in [0.3, 0.4) is 0 Å². The first-order valence-corrected chi connectivity index (χ1v) is 5.71. The Hall–Kier alpha value is -1.65. The minimum atomic E-state index is -0.409. The van der Waals surface area contributed by atoms with Crippen molar-refractivity contribution in [2.45, 2.75) is 34.1 Å². The second-order valence-electron chi connectivity index (χ2n) is 4.95. The molecule has 0 aliphatic heterocycles. The molecule has 0 spiro atoms. The number of hydrogen-bond donors (Lipinski definition) is 1. The molecule has 0 saturated carbocycles. The Morgan fingerprint density at radius 2 is 2.12 bits per heavy atom. The van der Waals surface area contributed by atoms with E-state index >= 15 is 0 Å². The molecular weight excluding hydrogens is 218 g/mol. The summed E-state index contributed by atoms with van der Waals surface area (Å²) in [4.78, 5) is 14.6.